The van der Waals surface area contributed by atoms with Gasteiger partial charge < -0.3 is 0 Å². The SMILES string of the molecule is CC1=C\C(=C/C=C/C=C/c2cc(C)c3ccc(C(C)C)cc(C)c2-3)C2C(C)CCC(C(C)C)CC12. The highest BCUT2D eigenvalue weighted by Gasteiger charge is 2.39. The third kappa shape index (κ3) is 5.42. The minimum Gasteiger partial charge on any atom is -0.0693 e. The van der Waals surface area contributed by atoms with E-state index in [9.17, 15) is 0 Å². The van der Waals surface area contributed by atoms with Crippen molar-refractivity contribution < 1.29 is 0 Å². The molecule has 186 valence electrons. The van der Waals surface area contributed by atoms with Crippen molar-refractivity contribution in [1.29, 1.82) is 0 Å². The summed E-state index contributed by atoms with van der Waals surface area (Å²) in [6.07, 6.45) is 18.0. The maximum absolute atomic E-state index is 2.49. The second-order valence-electron chi connectivity index (χ2n) is 12.1. The van der Waals surface area contributed by atoms with Gasteiger partial charge in [0.1, 0.15) is 0 Å². The Balaban J connectivity index is 1.54. The molecular weight excluding hydrogens is 420 g/mol. The summed E-state index contributed by atoms with van der Waals surface area (Å²) in [6.45, 7) is 18.7. The van der Waals surface area contributed by atoms with Gasteiger partial charge in [-0.25, -0.2) is 0 Å². The van der Waals surface area contributed by atoms with Gasteiger partial charge in [0.05, 0.1) is 0 Å². The van der Waals surface area contributed by atoms with Crippen LogP contribution in [0.1, 0.15) is 89.0 Å². The van der Waals surface area contributed by atoms with E-state index in [0.717, 1.165) is 23.7 Å². The predicted octanol–water partition coefficient (Wildman–Crippen LogP) is 10.3. The van der Waals surface area contributed by atoms with Crippen molar-refractivity contribution in [2.45, 2.75) is 80.6 Å². The Morgan fingerprint density at radius 2 is 1.66 bits per heavy atom. The van der Waals surface area contributed by atoms with Gasteiger partial charge in [-0.15, -0.1) is 0 Å². The standard InChI is InChI=1S/C35H46/c1-22(2)28-16-17-32-25(6)18-31(35(32)27(8)20-28)13-11-9-10-12-30-19-26(7)33-21-29(23(3)4)15-14-24(5)34(30)33/h9-13,16-20,22-24,29,33-34H,14-15,21H2,1-8H3/b10-9+,13-11+,30-12+. The first-order valence-electron chi connectivity index (χ1n) is 13.9. The van der Waals surface area contributed by atoms with Crippen LogP contribution in [0.4, 0.5) is 0 Å². The van der Waals surface area contributed by atoms with Gasteiger partial charge in [0.2, 0.25) is 0 Å². The zero-order valence-corrected chi connectivity index (χ0v) is 23.4. The molecule has 0 radical (unpaired) electrons. The van der Waals surface area contributed by atoms with E-state index < -0.39 is 0 Å². The summed E-state index contributed by atoms with van der Waals surface area (Å²) < 4.78 is 0. The van der Waals surface area contributed by atoms with Crippen LogP contribution in [0.5, 0.6) is 0 Å². The maximum atomic E-state index is 2.49. The zero-order chi connectivity index (χ0) is 25.3. The molecule has 0 aromatic heterocycles. The molecule has 0 saturated heterocycles. The lowest BCUT2D eigenvalue weighted by Crippen LogP contribution is -2.19. The monoisotopic (exact) mass is 466 g/mol. The highest BCUT2D eigenvalue weighted by molar-refractivity contribution is 5.84. The molecule has 4 aliphatic carbocycles. The zero-order valence-electron chi connectivity index (χ0n) is 23.4. The van der Waals surface area contributed by atoms with E-state index in [4.69, 9.17) is 0 Å². The topological polar surface area (TPSA) is 0 Å². The van der Waals surface area contributed by atoms with E-state index in [0.29, 0.717) is 11.8 Å². The van der Waals surface area contributed by atoms with Crippen LogP contribution < -0.4 is 0 Å². The molecule has 4 rings (SSSR count). The van der Waals surface area contributed by atoms with Crippen molar-refractivity contribution in [3.05, 3.63) is 88.0 Å². The second kappa shape index (κ2) is 10.7. The van der Waals surface area contributed by atoms with E-state index in [2.05, 4.69) is 116 Å². The molecular formula is C35H46. The number of aryl methyl sites for hydroxylation is 2. The lowest BCUT2D eigenvalue weighted by atomic mass is 9.77. The molecule has 0 aromatic carbocycles. The minimum atomic E-state index is 0.542. The summed E-state index contributed by atoms with van der Waals surface area (Å²) in [4.78, 5) is 0. The summed E-state index contributed by atoms with van der Waals surface area (Å²) in [5.41, 5.74) is 11.4. The Bertz CT molecular complexity index is 1130. The number of allylic oxidation sites excluding steroid dienone is 7. The first kappa shape index (κ1) is 25.7. The molecule has 0 bridgehead atoms. The molecule has 1 fully saturated rings. The van der Waals surface area contributed by atoms with Gasteiger partial charge in [0.25, 0.3) is 0 Å². The Hall–Kier alpha value is -2.34. The van der Waals surface area contributed by atoms with Gasteiger partial charge >= 0.3 is 0 Å². The van der Waals surface area contributed by atoms with Gasteiger partial charge in [0, 0.05) is 0 Å². The fraction of sp³-hybridized carbons (Fsp3) is 0.486. The maximum Gasteiger partial charge on any atom is -0.00705 e. The predicted molar refractivity (Wildman–Crippen MR) is 155 cm³/mol. The van der Waals surface area contributed by atoms with Crippen LogP contribution in [-0.4, -0.2) is 0 Å². The number of fused-ring (bicyclic) bond motifs is 2. The van der Waals surface area contributed by atoms with Crippen LogP contribution in [0.2, 0.25) is 0 Å². The molecule has 1 saturated carbocycles. The summed E-state index contributed by atoms with van der Waals surface area (Å²) in [5.74, 6) is 4.43. The van der Waals surface area contributed by atoms with Crippen molar-refractivity contribution in [1.82, 2.24) is 0 Å². The quantitative estimate of drug-likeness (QED) is 0.384. The van der Waals surface area contributed by atoms with Crippen LogP contribution in [-0.2, 0) is 0 Å². The molecule has 0 nitrogen and oxygen atoms in total. The first-order valence-corrected chi connectivity index (χ1v) is 13.9. The van der Waals surface area contributed by atoms with Crippen LogP contribution in [0.25, 0.3) is 17.2 Å². The molecule has 0 heteroatoms. The van der Waals surface area contributed by atoms with E-state index in [-0.39, 0.29) is 0 Å². The highest BCUT2D eigenvalue weighted by atomic mass is 14.4. The Morgan fingerprint density at radius 1 is 0.886 bits per heavy atom. The van der Waals surface area contributed by atoms with Crippen molar-refractivity contribution >= 4 is 6.08 Å². The molecule has 0 spiro atoms. The molecule has 0 N–H and O–H groups in total. The Labute approximate surface area is 215 Å². The van der Waals surface area contributed by atoms with Crippen molar-refractivity contribution in [2.24, 2.45) is 29.6 Å². The smallest absolute Gasteiger partial charge is 0.00705 e. The van der Waals surface area contributed by atoms with Gasteiger partial charge in [0.15, 0.2) is 0 Å². The molecule has 4 atom stereocenters. The van der Waals surface area contributed by atoms with Crippen LogP contribution >= 0.6 is 0 Å². The fourth-order valence-corrected chi connectivity index (χ4v) is 6.73. The van der Waals surface area contributed by atoms with E-state index >= 15 is 0 Å². The van der Waals surface area contributed by atoms with Gasteiger partial charge in [-0.2, -0.15) is 0 Å². The van der Waals surface area contributed by atoms with E-state index in [1.807, 2.05) is 0 Å². The molecule has 4 aliphatic rings. The second-order valence-corrected chi connectivity index (χ2v) is 12.1. The Morgan fingerprint density at radius 3 is 2.37 bits per heavy atom. The van der Waals surface area contributed by atoms with Gasteiger partial charge in [-0.3, -0.25) is 0 Å². The summed E-state index contributed by atoms with van der Waals surface area (Å²) in [6, 6.07) is 9.32. The molecule has 0 heterocycles. The highest BCUT2D eigenvalue weighted by Crippen LogP contribution is 2.49. The average molecular weight is 467 g/mol. The molecule has 4 unspecified atom stereocenters. The third-order valence-electron chi connectivity index (χ3n) is 8.93. The minimum absolute atomic E-state index is 0.542. The van der Waals surface area contributed by atoms with Gasteiger partial charge in [-0.1, -0.05) is 101 Å². The Kier molecular flexibility index (Phi) is 7.89. The average Bonchev–Trinajstić information content (AvgIpc) is 3.11. The van der Waals surface area contributed by atoms with Crippen LogP contribution in [0.3, 0.4) is 0 Å². The van der Waals surface area contributed by atoms with E-state index in [1.54, 1.807) is 11.1 Å². The fourth-order valence-electron chi connectivity index (χ4n) is 6.73. The van der Waals surface area contributed by atoms with Gasteiger partial charge in [-0.05, 0) is 114 Å². The third-order valence-corrected chi connectivity index (χ3v) is 8.93. The largest absolute Gasteiger partial charge is 0.0693 e. The van der Waals surface area contributed by atoms with Crippen molar-refractivity contribution in [3.8, 4) is 11.1 Å². The number of hydrogen-bond acceptors (Lipinski definition) is 0. The normalized spacial score (nSPS) is 26.5. The van der Waals surface area contributed by atoms with Crippen LogP contribution in [0, 0.1) is 43.4 Å². The van der Waals surface area contributed by atoms with Crippen LogP contribution in [0.15, 0.2) is 65.8 Å². The number of hydrogen-bond donors (Lipinski definition) is 0. The summed E-state index contributed by atoms with van der Waals surface area (Å²) >= 11 is 0. The summed E-state index contributed by atoms with van der Waals surface area (Å²) in [5, 5.41) is 0. The molecule has 35 heavy (non-hydrogen) atoms. The molecule has 0 aromatic rings. The summed E-state index contributed by atoms with van der Waals surface area (Å²) in [7, 11) is 0. The van der Waals surface area contributed by atoms with Crippen molar-refractivity contribution in [3.63, 3.8) is 0 Å². The lowest BCUT2D eigenvalue weighted by molar-refractivity contribution is 0.299. The first-order chi connectivity index (χ1) is 16.7. The lowest BCUT2D eigenvalue weighted by Gasteiger charge is -2.27. The van der Waals surface area contributed by atoms with E-state index in [1.165, 1.54) is 52.6 Å². The molecule has 0 aliphatic heterocycles. The molecule has 0 amide bonds. The van der Waals surface area contributed by atoms with Crippen molar-refractivity contribution in [2.75, 3.05) is 0 Å². The number of rotatable bonds is 5.